The summed E-state index contributed by atoms with van der Waals surface area (Å²) in [5, 5.41) is 3.65. The molecule has 0 aliphatic carbocycles. The Morgan fingerprint density at radius 1 is 1.24 bits per heavy atom. The number of aryl methyl sites for hydroxylation is 2. The Hall–Kier alpha value is -1.93. The number of hydrogen-bond donors (Lipinski definition) is 2. The molecule has 1 aromatic heterocycles. The molecule has 2 rings (SSSR count). The number of hydrogen-bond acceptors (Lipinski definition) is 6. The third-order valence-electron chi connectivity index (χ3n) is 3.34. The number of benzene rings is 1. The van der Waals surface area contributed by atoms with Gasteiger partial charge in [0.15, 0.2) is 5.82 Å². The Morgan fingerprint density at radius 2 is 1.90 bits per heavy atom. The van der Waals surface area contributed by atoms with Crippen molar-refractivity contribution in [1.82, 2.24) is 14.9 Å². The van der Waals surface area contributed by atoms with E-state index >= 15 is 0 Å². The monoisotopic (exact) mass is 310 g/mol. The Morgan fingerprint density at radius 3 is 2.48 bits per heavy atom. The van der Waals surface area contributed by atoms with Crippen LogP contribution in [-0.2, 0) is 16.6 Å². The average Bonchev–Trinajstić information content (AvgIpc) is 2.80. The van der Waals surface area contributed by atoms with E-state index in [9.17, 15) is 8.42 Å². The second kappa shape index (κ2) is 5.45. The number of nitrogens with zero attached hydrogens (tertiary/aromatic N) is 2. The van der Waals surface area contributed by atoms with Crippen LogP contribution in [0.25, 0.3) is 0 Å². The summed E-state index contributed by atoms with van der Waals surface area (Å²) in [4.78, 5) is 4.17. The summed E-state index contributed by atoms with van der Waals surface area (Å²) >= 11 is 0. The molecule has 3 N–H and O–H groups in total. The van der Waals surface area contributed by atoms with Crippen molar-refractivity contribution in [2.75, 3.05) is 5.73 Å². The van der Waals surface area contributed by atoms with Crippen molar-refractivity contribution >= 4 is 15.7 Å². The summed E-state index contributed by atoms with van der Waals surface area (Å²) in [6.07, 6.45) is 0. The van der Waals surface area contributed by atoms with Crippen molar-refractivity contribution < 1.29 is 12.9 Å². The summed E-state index contributed by atoms with van der Waals surface area (Å²) in [6, 6.07) is 1.77. The number of sulfonamides is 1. The molecule has 2 aromatic rings. The minimum absolute atomic E-state index is 0.0353. The summed E-state index contributed by atoms with van der Waals surface area (Å²) < 4.78 is 32.3. The number of rotatable bonds is 4. The third kappa shape index (κ3) is 3.06. The molecule has 0 radical (unpaired) electrons. The van der Waals surface area contributed by atoms with Gasteiger partial charge in [0.1, 0.15) is 0 Å². The highest BCUT2D eigenvalue weighted by Gasteiger charge is 2.22. The average molecular weight is 310 g/mol. The predicted molar refractivity (Wildman–Crippen MR) is 78.1 cm³/mol. The highest BCUT2D eigenvalue weighted by molar-refractivity contribution is 7.89. The Balaban J connectivity index is 2.36. The number of nitrogens with two attached hydrogens (primary N) is 1. The fourth-order valence-electron chi connectivity index (χ4n) is 2.09. The van der Waals surface area contributed by atoms with Crippen molar-refractivity contribution in [3.63, 3.8) is 0 Å². The molecule has 0 saturated heterocycles. The third-order valence-corrected chi connectivity index (χ3v) is 5.01. The first-order valence-corrected chi connectivity index (χ1v) is 7.86. The van der Waals surface area contributed by atoms with Gasteiger partial charge in [0.25, 0.3) is 0 Å². The van der Waals surface area contributed by atoms with E-state index in [-0.39, 0.29) is 17.3 Å². The minimum Gasteiger partial charge on any atom is -0.398 e. The number of nitrogen functional groups attached to an aromatic ring is 1. The molecule has 0 aliphatic heterocycles. The summed E-state index contributed by atoms with van der Waals surface area (Å²) in [5.74, 6) is 0.670. The smallest absolute Gasteiger partial charge is 0.241 e. The summed E-state index contributed by atoms with van der Waals surface area (Å²) in [6.45, 7) is 6.88. The lowest BCUT2D eigenvalue weighted by Gasteiger charge is -2.15. The molecule has 114 valence electrons. The van der Waals surface area contributed by atoms with Crippen molar-refractivity contribution in [2.45, 2.75) is 39.1 Å². The molecular formula is C13H18N4O3S. The highest BCUT2D eigenvalue weighted by Crippen LogP contribution is 2.27. The van der Waals surface area contributed by atoms with Gasteiger partial charge in [-0.2, -0.15) is 4.98 Å². The van der Waals surface area contributed by atoms with Gasteiger partial charge in [0.2, 0.25) is 15.9 Å². The number of nitrogens with one attached hydrogen (secondary N) is 1. The van der Waals surface area contributed by atoms with Gasteiger partial charge >= 0.3 is 0 Å². The van der Waals surface area contributed by atoms with Crippen LogP contribution in [0.15, 0.2) is 15.5 Å². The molecule has 0 atom stereocenters. The fraction of sp³-hybridized carbons (Fsp3) is 0.385. The van der Waals surface area contributed by atoms with Gasteiger partial charge in [-0.05, 0) is 43.5 Å². The number of aromatic nitrogens is 2. The van der Waals surface area contributed by atoms with E-state index in [0.29, 0.717) is 22.7 Å². The normalized spacial score (nSPS) is 11.8. The SMILES string of the molecule is Cc1nc(CNS(=O)(=O)c2c(C)c(C)cc(N)c2C)no1. The van der Waals surface area contributed by atoms with Crippen LogP contribution >= 0.6 is 0 Å². The zero-order valence-electron chi connectivity index (χ0n) is 12.4. The van der Waals surface area contributed by atoms with E-state index in [0.717, 1.165) is 5.56 Å². The molecule has 0 saturated carbocycles. The second-order valence-corrected chi connectivity index (χ2v) is 6.62. The van der Waals surface area contributed by atoms with Gasteiger partial charge in [0.05, 0.1) is 11.4 Å². The van der Waals surface area contributed by atoms with Crippen molar-refractivity contribution in [3.05, 3.63) is 34.5 Å². The molecule has 1 aromatic carbocycles. The molecule has 0 fully saturated rings. The first kappa shape index (κ1) is 15.5. The van der Waals surface area contributed by atoms with E-state index < -0.39 is 10.0 Å². The zero-order chi connectivity index (χ0) is 15.8. The topological polar surface area (TPSA) is 111 Å². The molecule has 21 heavy (non-hydrogen) atoms. The van der Waals surface area contributed by atoms with E-state index in [1.807, 2.05) is 6.92 Å². The van der Waals surface area contributed by atoms with Crippen molar-refractivity contribution in [1.29, 1.82) is 0 Å². The van der Waals surface area contributed by atoms with Gasteiger partial charge in [-0.3, -0.25) is 0 Å². The Bertz CT molecular complexity index is 755. The van der Waals surface area contributed by atoms with Gasteiger partial charge in [-0.25, -0.2) is 13.1 Å². The standard InChI is InChI=1S/C13H18N4O3S/c1-7-5-11(14)9(3)13(8(7)2)21(18,19)15-6-12-16-10(4)20-17-12/h5,15H,6,14H2,1-4H3. The molecule has 0 unspecified atom stereocenters. The lowest BCUT2D eigenvalue weighted by atomic mass is 10.1. The quantitative estimate of drug-likeness (QED) is 0.825. The molecule has 0 amide bonds. The molecule has 8 heteroatoms. The van der Waals surface area contributed by atoms with Crippen LogP contribution in [0.3, 0.4) is 0 Å². The van der Waals surface area contributed by atoms with Crippen LogP contribution in [0.1, 0.15) is 28.4 Å². The van der Waals surface area contributed by atoms with Gasteiger partial charge < -0.3 is 10.3 Å². The first-order chi connectivity index (χ1) is 9.72. The fourth-order valence-corrected chi connectivity index (χ4v) is 3.64. The van der Waals surface area contributed by atoms with Crippen LogP contribution < -0.4 is 10.5 Å². The maximum Gasteiger partial charge on any atom is 0.241 e. The summed E-state index contributed by atoms with van der Waals surface area (Å²) in [5.41, 5.74) is 8.36. The van der Waals surface area contributed by atoms with Crippen LogP contribution in [0, 0.1) is 27.7 Å². The predicted octanol–water partition coefficient (Wildman–Crippen LogP) is 1.36. The molecule has 0 aliphatic rings. The maximum absolute atomic E-state index is 12.5. The van der Waals surface area contributed by atoms with Gasteiger partial charge in [-0.1, -0.05) is 5.16 Å². The van der Waals surface area contributed by atoms with Crippen LogP contribution in [0.2, 0.25) is 0 Å². The van der Waals surface area contributed by atoms with Gasteiger partial charge in [0, 0.05) is 12.6 Å². The highest BCUT2D eigenvalue weighted by atomic mass is 32.2. The molecule has 7 nitrogen and oxygen atoms in total. The van der Waals surface area contributed by atoms with E-state index in [1.165, 1.54) is 0 Å². The van der Waals surface area contributed by atoms with Crippen LogP contribution in [-0.4, -0.2) is 18.6 Å². The second-order valence-electron chi connectivity index (χ2n) is 4.92. The Kier molecular flexibility index (Phi) is 4.02. The minimum atomic E-state index is -3.71. The molecule has 1 heterocycles. The van der Waals surface area contributed by atoms with E-state index in [1.54, 1.807) is 26.8 Å². The lowest BCUT2D eigenvalue weighted by molar-refractivity contribution is 0.387. The summed E-state index contributed by atoms with van der Waals surface area (Å²) in [7, 11) is -3.71. The van der Waals surface area contributed by atoms with Gasteiger partial charge in [-0.15, -0.1) is 0 Å². The first-order valence-electron chi connectivity index (χ1n) is 6.37. The van der Waals surface area contributed by atoms with Crippen molar-refractivity contribution in [3.8, 4) is 0 Å². The zero-order valence-corrected chi connectivity index (χ0v) is 13.2. The molecule has 0 bridgehead atoms. The van der Waals surface area contributed by atoms with E-state index in [2.05, 4.69) is 14.9 Å². The van der Waals surface area contributed by atoms with E-state index in [4.69, 9.17) is 10.3 Å². The lowest BCUT2D eigenvalue weighted by Crippen LogP contribution is -2.26. The molecule has 0 spiro atoms. The maximum atomic E-state index is 12.5. The molecular weight excluding hydrogens is 292 g/mol. The Labute approximate surface area is 123 Å². The number of anilines is 1. The van der Waals surface area contributed by atoms with Crippen LogP contribution in [0.5, 0.6) is 0 Å². The van der Waals surface area contributed by atoms with Crippen molar-refractivity contribution in [2.24, 2.45) is 0 Å². The largest absolute Gasteiger partial charge is 0.398 e. The van der Waals surface area contributed by atoms with Crippen LogP contribution in [0.4, 0.5) is 5.69 Å².